The second kappa shape index (κ2) is 12.4. The van der Waals surface area contributed by atoms with Crippen LogP contribution in [0.1, 0.15) is 58.6 Å². The van der Waals surface area contributed by atoms with Crippen LogP contribution in [-0.2, 0) is 50.9 Å². The van der Waals surface area contributed by atoms with E-state index in [4.69, 9.17) is 28.1 Å². The van der Waals surface area contributed by atoms with Gasteiger partial charge in [-0.3, -0.25) is 9.59 Å². The van der Waals surface area contributed by atoms with Crippen LogP contribution in [0, 0.1) is 0 Å². The minimum Gasteiger partial charge on any atom is -0.453 e. The molecular formula is C32H44O8Si. The van der Waals surface area contributed by atoms with E-state index in [-0.39, 0.29) is 18.3 Å². The van der Waals surface area contributed by atoms with Gasteiger partial charge in [0.1, 0.15) is 6.10 Å². The van der Waals surface area contributed by atoms with Crippen LogP contribution < -0.4 is 0 Å². The quantitative estimate of drug-likeness (QED) is 0.224. The van der Waals surface area contributed by atoms with Crippen molar-refractivity contribution in [1.29, 1.82) is 0 Å². The molecule has 1 unspecified atom stereocenters. The van der Waals surface area contributed by atoms with Gasteiger partial charge in [0.05, 0.1) is 25.4 Å². The minimum atomic E-state index is -2.33. The highest BCUT2D eigenvalue weighted by molar-refractivity contribution is 6.74. The van der Waals surface area contributed by atoms with E-state index < -0.39 is 50.0 Å². The Morgan fingerprint density at radius 2 is 1.41 bits per heavy atom. The summed E-state index contributed by atoms with van der Waals surface area (Å²) in [5, 5.41) is -0.0712. The lowest BCUT2D eigenvalue weighted by molar-refractivity contribution is -0.238. The zero-order chi connectivity index (χ0) is 29.9. The predicted octanol–water partition coefficient (Wildman–Crippen LogP) is 5.93. The molecule has 2 fully saturated rings. The Labute approximate surface area is 244 Å². The van der Waals surface area contributed by atoms with Gasteiger partial charge in [0.15, 0.2) is 20.0 Å². The van der Waals surface area contributed by atoms with Crippen molar-refractivity contribution in [2.24, 2.45) is 0 Å². The average Bonchev–Trinajstić information content (AvgIpc) is 3.61. The van der Waals surface area contributed by atoms with E-state index in [9.17, 15) is 9.59 Å². The molecule has 2 aromatic rings. The van der Waals surface area contributed by atoms with Gasteiger partial charge in [-0.1, -0.05) is 81.4 Å². The Morgan fingerprint density at radius 1 is 0.878 bits per heavy atom. The highest BCUT2D eigenvalue weighted by Gasteiger charge is 2.74. The molecule has 1 saturated heterocycles. The first-order chi connectivity index (χ1) is 19.3. The molecule has 224 valence electrons. The van der Waals surface area contributed by atoms with Crippen LogP contribution in [-0.4, -0.2) is 56.6 Å². The maximum atomic E-state index is 12.4. The first kappa shape index (κ1) is 31.4. The summed E-state index contributed by atoms with van der Waals surface area (Å²) in [6.07, 6.45) is -1.62. The number of rotatable bonds is 12. The second-order valence-corrected chi connectivity index (χ2v) is 17.3. The molecule has 1 aliphatic carbocycles. The standard InChI is InChI=1S/C32H44O8Si/c1-23(33)37-27-28(36-21-26-16-12-9-13-17-26)32(39-29(27)38-24(2)34,22-35-20-25-14-10-8-11-15-25)31(18-19-31)40-41(6,7)30(3,4)5/h8-17,27-29H,18-22H2,1-7H3/t27-,28+,29?,32-/m1/s1. The molecule has 4 rings (SSSR count). The Bertz CT molecular complexity index is 1180. The maximum Gasteiger partial charge on any atom is 0.305 e. The first-order valence-electron chi connectivity index (χ1n) is 14.3. The molecule has 8 nitrogen and oxygen atoms in total. The molecule has 0 spiro atoms. The van der Waals surface area contributed by atoms with Crippen molar-refractivity contribution in [3.63, 3.8) is 0 Å². The number of benzene rings is 2. The second-order valence-electron chi connectivity index (χ2n) is 12.6. The molecule has 1 aliphatic heterocycles. The summed E-state index contributed by atoms with van der Waals surface area (Å²) in [4.78, 5) is 24.6. The first-order valence-corrected chi connectivity index (χ1v) is 17.2. The molecule has 2 aliphatic rings. The number of esters is 2. The van der Waals surface area contributed by atoms with Crippen LogP contribution in [0.25, 0.3) is 0 Å². The van der Waals surface area contributed by atoms with Crippen molar-refractivity contribution in [2.75, 3.05) is 6.61 Å². The van der Waals surface area contributed by atoms with Gasteiger partial charge >= 0.3 is 11.9 Å². The molecule has 1 heterocycles. The fourth-order valence-electron chi connectivity index (χ4n) is 5.18. The number of carbonyl (C=O) groups is 2. The van der Waals surface area contributed by atoms with Crippen molar-refractivity contribution >= 4 is 20.3 Å². The van der Waals surface area contributed by atoms with Crippen LogP contribution in [0.15, 0.2) is 60.7 Å². The van der Waals surface area contributed by atoms with Gasteiger partial charge < -0.3 is 28.1 Å². The fourth-order valence-corrected chi connectivity index (χ4v) is 6.84. The largest absolute Gasteiger partial charge is 0.453 e. The van der Waals surface area contributed by atoms with Crippen molar-refractivity contribution < 1.29 is 37.7 Å². The smallest absolute Gasteiger partial charge is 0.305 e. The summed E-state index contributed by atoms with van der Waals surface area (Å²) in [6.45, 7) is 14.3. The number of hydrogen-bond donors (Lipinski definition) is 0. The van der Waals surface area contributed by atoms with Crippen molar-refractivity contribution in [3.8, 4) is 0 Å². The van der Waals surface area contributed by atoms with E-state index in [0.29, 0.717) is 19.4 Å². The monoisotopic (exact) mass is 584 g/mol. The molecule has 41 heavy (non-hydrogen) atoms. The third-order valence-electron chi connectivity index (χ3n) is 8.37. The Morgan fingerprint density at radius 3 is 1.90 bits per heavy atom. The SMILES string of the molecule is CC(=O)OC1O[C@@](COCc2ccccc2)(C2(O[Si](C)(C)C(C)(C)C)CC2)[C@@H](OCc2ccccc2)[C@H]1OC(C)=O. The van der Waals surface area contributed by atoms with E-state index in [2.05, 4.69) is 33.9 Å². The highest BCUT2D eigenvalue weighted by atomic mass is 28.4. The van der Waals surface area contributed by atoms with Gasteiger partial charge in [-0.05, 0) is 42.1 Å². The van der Waals surface area contributed by atoms with Gasteiger partial charge in [-0.2, -0.15) is 0 Å². The lowest BCUT2D eigenvalue weighted by atomic mass is 9.87. The van der Waals surface area contributed by atoms with Gasteiger partial charge in [-0.25, -0.2) is 0 Å². The van der Waals surface area contributed by atoms with Gasteiger partial charge in [0.2, 0.25) is 6.29 Å². The van der Waals surface area contributed by atoms with E-state index in [1.807, 2.05) is 60.7 Å². The molecule has 4 atom stereocenters. The number of ether oxygens (including phenoxy) is 5. The van der Waals surface area contributed by atoms with Crippen molar-refractivity contribution in [1.82, 2.24) is 0 Å². The maximum absolute atomic E-state index is 12.4. The molecule has 0 amide bonds. The third-order valence-corrected chi connectivity index (χ3v) is 12.9. The normalized spacial score (nSPS) is 25.5. The van der Waals surface area contributed by atoms with Crippen molar-refractivity contribution in [3.05, 3.63) is 71.8 Å². The average molecular weight is 585 g/mol. The summed E-state index contributed by atoms with van der Waals surface area (Å²) in [7, 11) is -2.33. The van der Waals surface area contributed by atoms with E-state index in [1.54, 1.807) is 0 Å². The van der Waals surface area contributed by atoms with Crippen LogP contribution in [0.4, 0.5) is 0 Å². The molecule has 1 saturated carbocycles. The topological polar surface area (TPSA) is 89.5 Å². The van der Waals surface area contributed by atoms with E-state index >= 15 is 0 Å². The Kier molecular flexibility index (Phi) is 9.45. The van der Waals surface area contributed by atoms with Crippen LogP contribution in [0.5, 0.6) is 0 Å². The molecular weight excluding hydrogens is 540 g/mol. The predicted molar refractivity (Wildman–Crippen MR) is 156 cm³/mol. The summed E-state index contributed by atoms with van der Waals surface area (Å²) in [5.74, 6) is -1.08. The molecule has 0 N–H and O–H groups in total. The minimum absolute atomic E-state index is 0.0712. The summed E-state index contributed by atoms with van der Waals surface area (Å²) in [5.41, 5.74) is -0.0434. The van der Waals surface area contributed by atoms with Crippen LogP contribution in [0.3, 0.4) is 0 Å². The van der Waals surface area contributed by atoms with Gasteiger partial charge in [-0.15, -0.1) is 0 Å². The number of carbonyl (C=O) groups excluding carboxylic acids is 2. The van der Waals surface area contributed by atoms with E-state index in [1.165, 1.54) is 13.8 Å². The van der Waals surface area contributed by atoms with Crippen molar-refractivity contribution in [2.45, 2.75) is 109 Å². The number of hydrogen-bond acceptors (Lipinski definition) is 8. The van der Waals surface area contributed by atoms with Crippen LogP contribution in [0.2, 0.25) is 18.1 Å². The highest BCUT2D eigenvalue weighted by Crippen LogP contribution is 2.59. The zero-order valence-electron chi connectivity index (χ0n) is 25.3. The van der Waals surface area contributed by atoms with Gasteiger partial charge in [0.25, 0.3) is 0 Å². The summed E-state index contributed by atoms with van der Waals surface area (Å²) >= 11 is 0. The van der Waals surface area contributed by atoms with Crippen LogP contribution >= 0.6 is 0 Å². The lowest BCUT2D eigenvalue weighted by Crippen LogP contribution is -2.62. The Hall–Kier alpha value is -2.56. The zero-order valence-corrected chi connectivity index (χ0v) is 26.3. The molecule has 0 aromatic heterocycles. The molecule has 0 radical (unpaired) electrons. The summed E-state index contributed by atoms with van der Waals surface area (Å²) in [6, 6.07) is 19.6. The molecule has 2 aromatic carbocycles. The fraction of sp³-hybridized carbons (Fsp3) is 0.562. The molecule has 0 bridgehead atoms. The van der Waals surface area contributed by atoms with Gasteiger partial charge in [0, 0.05) is 13.8 Å². The third kappa shape index (κ3) is 7.09. The lowest BCUT2D eigenvalue weighted by Gasteiger charge is -2.47. The summed E-state index contributed by atoms with van der Waals surface area (Å²) < 4.78 is 38.3. The molecule has 9 heteroatoms. The van der Waals surface area contributed by atoms with E-state index in [0.717, 1.165) is 11.1 Å². The Balaban J connectivity index is 1.77.